The molecule has 0 saturated heterocycles. The maximum atomic E-state index is 5.66. The van der Waals surface area contributed by atoms with Crippen LogP contribution in [0.3, 0.4) is 0 Å². The van der Waals surface area contributed by atoms with E-state index in [9.17, 15) is 0 Å². The summed E-state index contributed by atoms with van der Waals surface area (Å²) < 4.78 is 0. The number of hydrogen-bond donors (Lipinski definition) is 1. The predicted molar refractivity (Wildman–Crippen MR) is 52.2 cm³/mol. The maximum absolute atomic E-state index is 5.66. The topological polar surface area (TPSA) is 12.0 Å². The zero-order chi connectivity index (χ0) is 8.53. The molecule has 11 heavy (non-hydrogen) atoms. The molecule has 2 heteroatoms. The molecule has 1 nitrogen and oxygen atoms in total. The van der Waals surface area contributed by atoms with Crippen molar-refractivity contribution < 1.29 is 0 Å². The van der Waals surface area contributed by atoms with Gasteiger partial charge in [-0.1, -0.05) is 13.0 Å². The first-order chi connectivity index (χ1) is 5.31. The van der Waals surface area contributed by atoms with Gasteiger partial charge in [-0.05, 0) is 25.3 Å². The Kier molecular flexibility index (Phi) is 8.08. The maximum Gasteiger partial charge on any atom is 0.0249 e. The van der Waals surface area contributed by atoms with Gasteiger partial charge in [0.1, 0.15) is 0 Å². The molecule has 0 aromatic rings. The van der Waals surface area contributed by atoms with E-state index in [4.69, 9.17) is 11.6 Å². The molecule has 0 bridgehead atoms. The molecule has 66 valence electrons. The lowest BCUT2D eigenvalue weighted by atomic mass is 10.1. The van der Waals surface area contributed by atoms with Gasteiger partial charge in [0.05, 0.1) is 0 Å². The first-order valence-corrected chi connectivity index (χ1v) is 4.72. The van der Waals surface area contributed by atoms with E-state index in [0.29, 0.717) is 5.92 Å². The van der Waals surface area contributed by atoms with Gasteiger partial charge in [-0.2, -0.15) is 0 Å². The molecule has 0 rings (SSSR count). The number of halogens is 1. The Morgan fingerprint density at radius 3 is 2.91 bits per heavy atom. The van der Waals surface area contributed by atoms with Gasteiger partial charge in [-0.25, -0.2) is 0 Å². The van der Waals surface area contributed by atoms with Crippen molar-refractivity contribution >= 4 is 11.6 Å². The van der Waals surface area contributed by atoms with Crippen molar-refractivity contribution in [1.29, 1.82) is 0 Å². The summed E-state index contributed by atoms with van der Waals surface area (Å²) in [5.41, 5.74) is 0. The van der Waals surface area contributed by atoms with Crippen molar-refractivity contribution in [2.24, 2.45) is 5.92 Å². The second-order valence-electron chi connectivity index (χ2n) is 2.89. The summed E-state index contributed by atoms with van der Waals surface area (Å²) in [6.45, 7) is 7.80. The summed E-state index contributed by atoms with van der Waals surface area (Å²) in [5.74, 6) is 1.43. The van der Waals surface area contributed by atoms with Crippen LogP contribution in [0.25, 0.3) is 0 Å². The molecular formula is C9H18ClN. The Bertz CT molecular complexity index is 93.6. The second-order valence-corrected chi connectivity index (χ2v) is 3.20. The lowest BCUT2D eigenvalue weighted by Crippen LogP contribution is -2.15. The van der Waals surface area contributed by atoms with Crippen molar-refractivity contribution in [2.45, 2.75) is 19.8 Å². The SMILES string of the molecule is C=CCNCCCC(C)CCl. The quantitative estimate of drug-likeness (QED) is 0.356. The molecule has 0 fully saturated rings. The highest BCUT2D eigenvalue weighted by atomic mass is 35.5. The minimum absolute atomic E-state index is 0.655. The third kappa shape index (κ3) is 7.89. The minimum Gasteiger partial charge on any atom is -0.313 e. The molecule has 0 aliphatic carbocycles. The number of rotatable bonds is 7. The monoisotopic (exact) mass is 175 g/mol. The Morgan fingerprint density at radius 1 is 1.64 bits per heavy atom. The highest BCUT2D eigenvalue weighted by Crippen LogP contribution is 2.05. The molecule has 1 atom stereocenters. The highest BCUT2D eigenvalue weighted by Gasteiger charge is 1.97. The molecule has 0 aliphatic heterocycles. The fourth-order valence-electron chi connectivity index (χ4n) is 0.857. The summed E-state index contributed by atoms with van der Waals surface area (Å²) in [6, 6.07) is 0. The van der Waals surface area contributed by atoms with Crippen LogP contribution in [-0.4, -0.2) is 19.0 Å². The van der Waals surface area contributed by atoms with Gasteiger partial charge in [-0.15, -0.1) is 18.2 Å². The van der Waals surface area contributed by atoms with Gasteiger partial charge in [0.25, 0.3) is 0 Å². The van der Waals surface area contributed by atoms with Crippen LogP contribution >= 0.6 is 11.6 Å². The van der Waals surface area contributed by atoms with Crippen LogP contribution < -0.4 is 5.32 Å². The van der Waals surface area contributed by atoms with Gasteiger partial charge in [0, 0.05) is 12.4 Å². The second kappa shape index (κ2) is 8.09. The largest absolute Gasteiger partial charge is 0.313 e. The number of hydrogen-bond acceptors (Lipinski definition) is 1. The molecule has 0 heterocycles. The Labute approximate surface area is 74.8 Å². The normalized spacial score (nSPS) is 12.9. The highest BCUT2D eigenvalue weighted by molar-refractivity contribution is 6.18. The number of alkyl halides is 1. The zero-order valence-electron chi connectivity index (χ0n) is 7.28. The van der Waals surface area contributed by atoms with Gasteiger partial charge in [0.15, 0.2) is 0 Å². The van der Waals surface area contributed by atoms with E-state index in [1.54, 1.807) is 0 Å². The number of nitrogens with one attached hydrogen (secondary N) is 1. The molecule has 0 aromatic carbocycles. The van der Waals surface area contributed by atoms with Crippen molar-refractivity contribution in [3.05, 3.63) is 12.7 Å². The van der Waals surface area contributed by atoms with E-state index in [0.717, 1.165) is 19.0 Å². The summed E-state index contributed by atoms with van der Waals surface area (Å²) in [4.78, 5) is 0. The van der Waals surface area contributed by atoms with Crippen LogP contribution in [0.15, 0.2) is 12.7 Å². The first-order valence-electron chi connectivity index (χ1n) is 4.18. The van der Waals surface area contributed by atoms with Gasteiger partial charge in [0.2, 0.25) is 0 Å². The summed E-state index contributed by atoms with van der Waals surface area (Å²) in [5, 5.41) is 3.25. The zero-order valence-corrected chi connectivity index (χ0v) is 8.03. The summed E-state index contributed by atoms with van der Waals surface area (Å²) in [7, 11) is 0. The van der Waals surface area contributed by atoms with Crippen LogP contribution in [0, 0.1) is 5.92 Å². The smallest absolute Gasteiger partial charge is 0.0249 e. The lowest BCUT2D eigenvalue weighted by molar-refractivity contribution is 0.541. The Morgan fingerprint density at radius 2 is 2.36 bits per heavy atom. The van der Waals surface area contributed by atoms with Crippen LogP contribution in [-0.2, 0) is 0 Å². The average Bonchev–Trinajstić information content (AvgIpc) is 2.04. The fourth-order valence-corrected chi connectivity index (χ4v) is 1.01. The molecular weight excluding hydrogens is 158 g/mol. The van der Waals surface area contributed by atoms with Crippen LogP contribution in [0.5, 0.6) is 0 Å². The molecule has 0 aromatic heterocycles. The van der Waals surface area contributed by atoms with Crippen LogP contribution in [0.1, 0.15) is 19.8 Å². The van der Waals surface area contributed by atoms with Crippen LogP contribution in [0.2, 0.25) is 0 Å². The summed E-state index contributed by atoms with van der Waals surface area (Å²) >= 11 is 5.66. The van der Waals surface area contributed by atoms with Crippen molar-refractivity contribution in [3.63, 3.8) is 0 Å². The predicted octanol–water partition coefficient (Wildman–Crippen LogP) is 2.42. The molecule has 1 N–H and O–H groups in total. The fraction of sp³-hybridized carbons (Fsp3) is 0.778. The van der Waals surface area contributed by atoms with E-state index in [1.165, 1.54) is 12.8 Å². The van der Waals surface area contributed by atoms with E-state index in [1.807, 2.05) is 6.08 Å². The van der Waals surface area contributed by atoms with Crippen molar-refractivity contribution in [1.82, 2.24) is 5.32 Å². The van der Waals surface area contributed by atoms with E-state index >= 15 is 0 Å². The van der Waals surface area contributed by atoms with E-state index in [-0.39, 0.29) is 0 Å². The third-order valence-corrected chi connectivity index (χ3v) is 2.13. The third-order valence-electron chi connectivity index (χ3n) is 1.60. The Balaban J connectivity index is 2.95. The van der Waals surface area contributed by atoms with Crippen molar-refractivity contribution in [2.75, 3.05) is 19.0 Å². The van der Waals surface area contributed by atoms with Crippen LogP contribution in [0.4, 0.5) is 0 Å². The first kappa shape index (κ1) is 11.0. The van der Waals surface area contributed by atoms with Gasteiger partial charge >= 0.3 is 0 Å². The molecule has 0 saturated carbocycles. The average molecular weight is 176 g/mol. The standard InChI is InChI=1S/C9H18ClN/c1-3-6-11-7-4-5-9(2)8-10/h3,9,11H,1,4-8H2,2H3. The van der Waals surface area contributed by atoms with Crippen molar-refractivity contribution in [3.8, 4) is 0 Å². The molecule has 0 amide bonds. The van der Waals surface area contributed by atoms with Gasteiger partial charge < -0.3 is 5.32 Å². The summed E-state index contributed by atoms with van der Waals surface area (Å²) in [6.07, 6.45) is 4.31. The molecule has 1 unspecified atom stereocenters. The lowest BCUT2D eigenvalue weighted by Gasteiger charge is -2.06. The minimum atomic E-state index is 0.655. The molecule has 0 spiro atoms. The molecule has 0 aliphatic rings. The van der Waals surface area contributed by atoms with Gasteiger partial charge in [-0.3, -0.25) is 0 Å². The molecule has 0 radical (unpaired) electrons. The van der Waals surface area contributed by atoms with E-state index < -0.39 is 0 Å². The van der Waals surface area contributed by atoms with E-state index in [2.05, 4.69) is 18.8 Å². The Hall–Kier alpha value is -0.0100.